The fourth-order valence-electron chi connectivity index (χ4n) is 4.36. The lowest BCUT2D eigenvalue weighted by molar-refractivity contribution is -0.122. The molecule has 2 heterocycles. The largest absolute Gasteiger partial charge is 0.318 e. The van der Waals surface area contributed by atoms with Gasteiger partial charge in [-0.1, -0.05) is 63.2 Å². The maximum Gasteiger partial charge on any atom is 0.293 e. The molecule has 1 aliphatic rings. The number of thioether (sulfide) groups is 1. The van der Waals surface area contributed by atoms with Crippen molar-refractivity contribution in [3.05, 3.63) is 93.6 Å². The number of amides is 2. The molecule has 1 fully saturated rings. The van der Waals surface area contributed by atoms with Gasteiger partial charge in [-0.3, -0.25) is 14.5 Å². The quantitative estimate of drug-likeness (QED) is 0.361. The minimum atomic E-state index is -0.192. The van der Waals surface area contributed by atoms with Gasteiger partial charge in [-0.05, 0) is 84.8 Å². The van der Waals surface area contributed by atoms with Crippen molar-refractivity contribution in [1.82, 2.24) is 9.47 Å². The summed E-state index contributed by atoms with van der Waals surface area (Å²) in [5.41, 5.74) is 6.82. The van der Waals surface area contributed by atoms with E-state index in [9.17, 15) is 9.59 Å². The van der Waals surface area contributed by atoms with Gasteiger partial charge in [0.2, 0.25) is 0 Å². The average Bonchev–Trinajstić information content (AvgIpc) is 3.23. The van der Waals surface area contributed by atoms with Crippen LogP contribution in [0, 0.1) is 13.8 Å². The third kappa shape index (κ3) is 5.05. The number of carbonyl (C=O) groups is 2. The monoisotopic (exact) mass is 472 g/mol. The van der Waals surface area contributed by atoms with E-state index in [1.54, 1.807) is 0 Å². The maximum absolute atomic E-state index is 13.0. The molecule has 3 aromatic rings. The first-order chi connectivity index (χ1) is 16.1. The number of hydrogen-bond acceptors (Lipinski definition) is 3. The van der Waals surface area contributed by atoms with Crippen LogP contribution in [-0.2, 0) is 16.6 Å². The van der Waals surface area contributed by atoms with Gasteiger partial charge in [0, 0.05) is 23.6 Å². The Kier molecular flexibility index (Phi) is 6.85. The minimum Gasteiger partial charge on any atom is -0.318 e. The van der Waals surface area contributed by atoms with E-state index >= 15 is 0 Å². The van der Waals surface area contributed by atoms with Crippen molar-refractivity contribution < 1.29 is 9.59 Å². The summed E-state index contributed by atoms with van der Waals surface area (Å²) in [4.78, 5) is 27.4. The van der Waals surface area contributed by atoms with Crippen molar-refractivity contribution in [2.45, 2.75) is 52.9 Å². The Morgan fingerprint density at radius 1 is 0.941 bits per heavy atom. The lowest BCUT2D eigenvalue weighted by Gasteiger charge is -2.20. The van der Waals surface area contributed by atoms with Crippen LogP contribution in [0.1, 0.15) is 55.3 Å². The van der Waals surface area contributed by atoms with Gasteiger partial charge >= 0.3 is 0 Å². The fourth-order valence-corrected chi connectivity index (χ4v) is 5.22. The molecule has 0 spiro atoms. The lowest BCUT2D eigenvalue weighted by atomic mass is 9.87. The number of hydrogen-bond donors (Lipinski definition) is 0. The molecule has 2 amide bonds. The second kappa shape index (κ2) is 9.67. The van der Waals surface area contributed by atoms with E-state index in [-0.39, 0.29) is 16.6 Å². The number of nitrogens with zero attached hydrogens (tertiary/aromatic N) is 2. The summed E-state index contributed by atoms with van der Waals surface area (Å²) in [5, 5.41) is -0.184. The van der Waals surface area contributed by atoms with Crippen molar-refractivity contribution in [1.29, 1.82) is 0 Å². The van der Waals surface area contributed by atoms with Gasteiger partial charge in [-0.15, -0.1) is 0 Å². The van der Waals surface area contributed by atoms with Crippen molar-refractivity contribution in [2.75, 3.05) is 6.54 Å². The molecule has 1 aliphatic heterocycles. The summed E-state index contributed by atoms with van der Waals surface area (Å²) in [6, 6.07) is 20.9. The Morgan fingerprint density at radius 2 is 1.62 bits per heavy atom. The molecule has 4 rings (SSSR count). The highest BCUT2D eigenvalue weighted by Crippen LogP contribution is 2.34. The highest BCUT2D eigenvalue weighted by Gasteiger charge is 2.34. The van der Waals surface area contributed by atoms with E-state index in [0.29, 0.717) is 11.4 Å². The van der Waals surface area contributed by atoms with Crippen molar-refractivity contribution in [2.24, 2.45) is 0 Å². The van der Waals surface area contributed by atoms with E-state index < -0.39 is 0 Å². The highest BCUT2D eigenvalue weighted by molar-refractivity contribution is 8.18. The van der Waals surface area contributed by atoms with Crippen LogP contribution in [0.5, 0.6) is 0 Å². The van der Waals surface area contributed by atoms with Crippen molar-refractivity contribution >= 4 is 29.0 Å². The molecule has 1 aromatic heterocycles. The van der Waals surface area contributed by atoms with E-state index in [1.165, 1.54) is 16.0 Å². The zero-order valence-electron chi connectivity index (χ0n) is 20.6. The Balaban J connectivity index is 1.51. The predicted molar refractivity (Wildman–Crippen MR) is 141 cm³/mol. The Morgan fingerprint density at radius 3 is 2.26 bits per heavy atom. The Labute approximate surface area is 206 Å². The molecule has 5 heteroatoms. The van der Waals surface area contributed by atoms with Crippen LogP contribution < -0.4 is 0 Å². The van der Waals surface area contributed by atoms with Crippen LogP contribution in [0.3, 0.4) is 0 Å². The topological polar surface area (TPSA) is 42.3 Å². The highest BCUT2D eigenvalue weighted by atomic mass is 32.2. The minimum absolute atomic E-state index is 0.106. The molecule has 34 heavy (non-hydrogen) atoms. The molecule has 4 nitrogen and oxygen atoms in total. The molecule has 0 bridgehead atoms. The van der Waals surface area contributed by atoms with Gasteiger partial charge in [0.15, 0.2) is 0 Å². The second-order valence-corrected chi connectivity index (χ2v) is 10.9. The molecule has 1 saturated heterocycles. The normalized spacial score (nSPS) is 15.6. The molecular weight excluding hydrogens is 440 g/mol. The smallest absolute Gasteiger partial charge is 0.293 e. The predicted octanol–water partition coefficient (Wildman–Crippen LogP) is 7.06. The zero-order chi connectivity index (χ0) is 24.5. The summed E-state index contributed by atoms with van der Waals surface area (Å²) in [7, 11) is 0. The van der Waals surface area contributed by atoms with Gasteiger partial charge in [0.1, 0.15) is 0 Å². The Hall–Kier alpha value is -3.05. The van der Waals surface area contributed by atoms with Crippen LogP contribution in [0.15, 0.2) is 65.6 Å². The summed E-state index contributed by atoms with van der Waals surface area (Å²) in [5.74, 6) is -0.192. The van der Waals surface area contributed by atoms with E-state index in [1.807, 2.05) is 24.3 Å². The lowest BCUT2D eigenvalue weighted by Crippen LogP contribution is -2.29. The standard InChI is InChI=1S/C29H32N2O2S/c1-20-18-23(21(2)31(20)25-15-13-24(14-16-25)29(3,4)5)19-26-27(32)30(28(33)34-26)17-9-12-22-10-7-6-8-11-22/h6-8,10-11,13-16,18-19H,9,12,17H2,1-5H3/b26-19+. The second-order valence-electron chi connectivity index (χ2n) is 9.88. The van der Waals surface area contributed by atoms with Gasteiger partial charge in [-0.2, -0.15) is 0 Å². The van der Waals surface area contributed by atoms with Crippen molar-refractivity contribution in [3.8, 4) is 5.69 Å². The first kappa shape index (κ1) is 24.1. The molecule has 0 saturated carbocycles. The molecule has 2 aromatic carbocycles. The molecule has 0 radical (unpaired) electrons. The SMILES string of the molecule is Cc1cc(/C=C2/SC(=O)N(CCCc3ccccc3)C2=O)c(C)n1-c1ccc(C(C)(C)C)cc1. The number of aromatic nitrogens is 1. The molecular formula is C29H32N2O2S. The molecule has 0 unspecified atom stereocenters. The summed E-state index contributed by atoms with van der Waals surface area (Å²) >= 11 is 1.04. The van der Waals surface area contributed by atoms with Crippen LogP contribution in [0.2, 0.25) is 0 Å². The van der Waals surface area contributed by atoms with E-state index in [2.05, 4.69) is 81.7 Å². The number of imide groups is 1. The zero-order valence-corrected chi connectivity index (χ0v) is 21.4. The summed E-state index contributed by atoms with van der Waals surface area (Å²) in [6.45, 7) is 11.2. The number of carbonyl (C=O) groups excluding carboxylic acids is 2. The van der Waals surface area contributed by atoms with E-state index in [0.717, 1.165) is 47.2 Å². The van der Waals surface area contributed by atoms with Crippen LogP contribution in [0.4, 0.5) is 4.79 Å². The van der Waals surface area contributed by atoms with Gasteiger partial charge in [0.25, 0.3) is 11.1 Å². The molecule has 0 N–H and O–H groups in total. The van der Waals surface area contributed by atoms with Crippen LogP contribution in [-0.4, -0.2) is 27.2 Å². The third-order valence-electron chi connectivity index (χ3n) is 6.31. The van der Waals surface area contributed by atoms with E-state index in [4.69, 9.17) is 0 Å². The van der Waals surface area contributed by atoms with Gasteiger partial charge in [0.05, 0.1) is 4.91 Å². The number of benzene rings is 2. The maximum atomic E-state index is 13.0. The average molecular weight is 473 g/mol. The van der Waals surface area contributed by atoms with Crippen LogP contribution in [0.25, 0.3) is 11.8 Å². The molecule has 0 aliphatic carbocycles. The van der Waals surface area contributed by atoms with Gasteiger partial charge < -0.3 is 4.57 Å². The third-order valence-corrected chi connectivity index (χ3v) is 7.22. The van der Waals surface area contributed by atoms with Crippen molar-refractivity contribution in [3.63, 3.8) is 0 Å². The van der Waals surface area contributed by atoms with Gasteiger partial charge in [-0.25, -0.2) is 0 Å². The van der Waals surface area contributed by atoms with Crippen LogP contribution >= 0.6 is 11.8 Å². The first-order valence-corrected chi connectivity index (χ1v) is 12.6. The Bertz CT molecular complexity index is 1230. The summed E-state index contributed by atoms with van der Waals surface area (Å²) in [6.07, 6.45) is 3.47. The number of aryl methyl sites for hydroxylation is 2. The summed E-state index contributed by atoms with van der Waals surface area (Å²) < 4.78 is 2.20. The number of rotatable bonds is 6. The first-order valence-electron chi connectivity index (χ1n) is 11.7. The molecule has 176 valence electrons. The molecule has 0 atom stereocenters. The fraction of sp³-hybridized carbons (Fsp3) is 0.310.